The number of benzene rings is 1. The summed E-state index contributed by atoms with van der Waals surface area (Å²) < 4.78 is 10.5. The van der Waals surface area contributed by atoms with Gasteiger partial charge in [-0.2, -0.15) is 0 Å². The molecule has 2 heterocycles. The molecule has 2 amide bonds. The van der Waals surface area contributed by atoms with E-state index < -0.39 is 0 Å². The van der Waals surface area contributed by atoms with Gasteiger partial charge in [-0.05, 0) is 24.1 Å². The maximum Gasteiger partial charge on any atom is 0.236 e. The molecule has 0 spiro atoms. The number of methoxy groups -OCH3 is 1. The van der Waals surface area contributed by atoms with Crippen LogP contribution >= 0.6 is 0 Å². The van der Waals surface area contributed by atoms with Gasteiger partial charge >= 0.3 is 0 Å². The summed E-state index contributed by atoms with van der Waals surface area (Å²) in [5.74, 6) is 1.14. The fraction of sp³-hybridized carbons (Fsp3) is 0.600. The Hall–Kier alpha value is -2.12. The van der Waals surface area contributed by atoms with Gasteiger partial charge in [0.2, 0.25) is 11.8 Å². The molecule has 0 radical (unpaired) electrons. The third-order valence-electron chi connectivity index (χ3n) is 5.23. The number of hydrogen-bond acceptors (Lipinski definition) is 5. The van der Waals surface area contributed by atoms with E-state index in [9.17, 15) is 9.59 Å². The van der Waals surface area contributed by atoms with Crippen LogP contribution in [0.5, 0.6) is 5.75 Å². The molecule has 1 aromatic rings. The van der Waals surface area contributed by atoms with Crippen LogP contribution in [0, 0.1) is 0 Å². The Morgan fingerprint density at radius 2 is 1.52 bits per heavy atom. The molecule has 2 fully saturated rings. The minimum Gasteiger partial charge on any atom is -0.497 e. The second-order valence-electron chi connectivity index (χ2n) is 7.00. The highest BCUT2D eigenvalue weighted by atomic mass is 16.5. The van der Waals surface area contributed by atoms with Gasteiger partial charge in [0.1, 0.15) is 5.75 Å². The van der Waals surface area contributed by atoms with E-state index in [2.05, 4.69) is 4.90 Å². The molecule has 1 aromatic carbocycles. The van der Waals surface area contributed by atoms with Gasteiger partial charge in [-0.3, -0.25) is 14.5 Å². The van der Waals surface area contributed by atoms with Crippen molar-refractivity contribution in [3.63, 3.8) is 0 Å². The molecule has 0 atom stereocenters. The van der Waals surface area contributed by atoms with Gasteiger partial charge in [0.05, 0.1) is 26.9 Å². The summed E-state index contributed by atoms with van der Waals surface area (Å²) >= 11 is 0. The maximum atomic E-state index is 12.5. The average Bonchev–Trinajstić information content (AvgIpc) is 2.73. The molecule has 7 heteroatoms. The lowest BCUT2D eigenvalue weighted by Gasteiger charge is -2.36. The van der Waals surface area contributed by atoms with E-state index in [-0.39, 0.29) is 11.8 Å². The molecule has 0 bridgehead atoms. The molecule has 148 valence electrons. The molecule has 2 aliphatic heterocycles. The lowest BCUT2D eigenvalue weighted by atomic mass is 10.1. The van der Waals surface area contributed by atoms with E-state index in [1.807, 2.05) is 34.1 Å². The van der Waals surface area contributed by atoms with Crippen LogP contribution in [0.2, 0.25) is 0 Å². The number of aryl methyl sites for hydroxylation is 1. The fourth-order valence-electron chi connectivity index (χ4n) is 3.46. The van der Waals surface area contributed by atoms with Gasteiger partial charge in [-0.1, -0.05) is 12.1 Å². The van der Waals surface area contributed by atoms with Crippen LogP contribution in [-0.2, 0) is 20.7 Å². The first-order chi connectivity index (χ1) is 13.2. The van der Waals surface area contributed by atoms with Gasteiger partial charge < -0.3 is 19.3 Å². The molecule has 0 unspecified atom stereocenters. The number of rotatable bonds is 6. The van der Waals surface area contributed by atoms with Crippen molar-refractivity contribution in [1.29, 1.82) is 0 Å². The summed E-state index contributed by atoms with van der Waals surface area (Å²) in [5, 5.41) is 0. The number of nitrogens with zero attached hydrogens (tertiary/aromatic N) is 3. The van der Waals surface area contributed by atoms with Crippen molar-refractivity contribution in [1.82, 2.24) is 14.7 Å². The third kappa shape index (κ3) is 5.68. The zero-order chi connectivity index (χ0) is 19.1. The van der Waals surface area contributed by atoms with Crippen LogP contribution in [0.3, 0.4) is 0 Å². The highest BCUT2D eigenvalue weighted by molar-refractivity contribution is 5.79. The van der Waals surface area contributed by atoms with Crippen LogP contribution in [0.1, 0.15) is 12.0 Å². The minimum atomic E-state index is 0.155. The summed E-state index contributed by atoms with van der Waals surface area (Å²) in [6, 6.07) is 7.82. The predicted molar refractivity (Wildman–Crippen MR) is 102 cm³/mol. The largest absolute Gasteiger partial charge is 0.497 e. The number of morpholine rings is 1. The van der Waals surface area contributed by atoms with Gasteiger partial charge in [0.25, 0.3) is 0 Å². The van der Waals surface area contributed by atoms with Crippen molar-refractivity contribution in [3.05, 3.63) is 29.8 Å². The summed E-state index contributed by atoms with van der Waals surface area (Å²) in [6.45, 7) is 5.97. The normalized spacial score (nSPS) is 18.4. The first-order valence-electron chi connectivity index (χ1n) is 9.64. The summed E-state index contributed by atoms with van der Waals surface area (Å²) in [7, 11) is 1.64. The molecular formula is C20H29N3O4. The highest BCUT2D eigenvalue weighted by Crippen LogP contribution is 2.14. The fourth-order valence-corrected chi connectivity index (χ4v) is 3.46. The molecular weight excluding hydrogens is 346 g/mol. The number of ether oxygens (including phenoxy) is 2. The van der Waals surface area contributed by atoms with Crippen molar-refractivity contribution in [3.8, 4) is 5.75 Å². The minimum absolute atomic E-state index is 0.155. The second kappa shape index (κ2) is 9.71. The van der Waals surface area contributed by atoms with Crippen LogP contribution in [0.4, 0.5) is 0 Å². The van der Waals surface area contributed by atoms with Crippen molar-refractivity contribution in [2.45, 2.75) is 12.8 Å². The van der Waals surface area contributed by atoms with Crippen molar-refractivity contribution in [2.24, 2.45) is 0 Å². The first kappa shape index (κ1) is 19.6. The average molecular weight is 375 g/mol. The zero-order valence-corrected chi connectivity index (χ0v) is 16.1. The van der Waals surface area contributed by atoms with Gasteiger partial charge in [-0.15, -0.1) is 0 Å². The van der Waals surface area contributed by atoms with Crippen LogP contribution < -0.4 is 4.74 Å². The Balaban J connectivity index is 1.38. The molecule has 0 aromatic heterocycles. The number of amides is 2. The Kier molecular flexibility index (Phi) is 7.06. The van der Waals surface area contributed by atoms with Gasteiger partial charge in [-0.25, -0.2) is 0 Å². The second-order valence-corrected chi connectivity index (χ2v) is 7.00. The number of carbonyl (C=O) groups excluding carboxylic acids is 2. The third-order valence-corrected chi connectivity index (χ3v) is 5.23. The zero-order valence-electron chi connectivity index (χ0n) is 16.1. The van der Waals surface area contributed by atoms with Crippen molar-refractivity contribution in [2.75, 3.05) is 66.1 Å². The summed E-state index contributed by atoms with van der Waals surface area (Å²) in [4.78, 5) is 30.8. The highest BCUT2D eigenvalue weighted by Gasteiger charge is 2.25. The van der Waals surface area contributed by atoms with Crippen LogP contribution in [0.25, 0.3) is 0 Å². The standard InChI is InChI=1S/C20H29N3O4/c1-26-18-5-2-17(3-6-18)4-7-19(24)22-8-10-23(11-9-22)20(25)16-21-12-14-27-15-13-21/h2-3,5-6H,4,7-16H2,1H3. The Morgan fingerprint density at radius 1 is 0.926 bits per heavy atom. The lowest BCUT2D eigenvalue weighted by molar-refractivity contribution is -0.140. The van der Waals surface area contributed by atoms with E-state index >= 15 is 0 Å². The Bertz CT molecular complexity index is 621. The Labute approximate surface area is 160 Å². The van der Waals surface area contributed by atoms with E-state index in [1.165, 1.54) is 0 Å². The Morgan fingerprint density at radius 3 is 2.11 bits per heavy atom. The SMILES string of the molecule is COc1ccc(CCC(=O)N2CCN(C(=O)CN3CCOCC3)CC2)cc1. The van der Waals surface area contributed by atoms with Crippen LogP contribution in [-0.4, -0.2) is 92.7 Å². The number of hydrogen-bond donors (Lipinski definition) is 0. The van der Waals surface area contributed by atoms with E-state index in [4.69, 9.17) is 9.47 Å². The summed E-state index contributed by atoms with van der Waals surface area (Å²) in [5.41, 5.74) is 1.13. The van der Waals surface area contributed by atoms with E-state index in [0.29, 0.717) is 52.4 Å². The molecule has 0 N–H and O–H groups in total. The number of carbonyl (C=O) groups is 2. The van der Waals surface area contributed by atoms with Crippen molar-refractivity contribution >= 4 is 11.8 Å². The van der Waals surface area contributed by atoms with Crippen LogP contribution in [0.15, 0.2) is 24.3 Å². The topological polar surface area (TPSA) is 62.3 Å². The van der Waals surface area contributed by atoms with E-state index in [0.717, 1.165) is 30.8 Å². The van der Waals surface area contributed by atoms with Crippen molar-refractivity contribution < 1.29 is 19.1 Å². The quantitative estimate of drug-likeness (QED) is 0.730. The number of piperazine rings is 1. The molecule has 0 aliphatic carbocycles. The summed E-state index contributed by atoms with van der Waals surface area (Å²) in [6.07, 6.45) is 1.22. The smallest absolute Gasteiger partial charge is 0.236 e. The molecule has 3 rings (SSSR count). The molecule has 0 saturated carbocycles. The molecule has 2 aliphatic rings. The molecule has 27 heavy (non-hydrogen) atoms. The first-order valence-corrected chi connectivity index (χ1v) is 9.64. The molecule has 2 saturated heterocycles. The lowest BCUT2D eigenvalue weighted by Crippen LogP contribution is -2.53. The van der Waals surface area contributed by atoms with E-state index in [1.54, 1.807) is 7.11 Å². The maximum absolute atomic E-state index is 12.5. The monoisotopic (exact) mass is 375 g/mol. The predicted octanol–water partition coefficient (Wildman–Crippen LogP) is 0.631. The van der Waals surface area contributed by atoms with Gasteiger partial charge in [0.15, 0.2) is 0 Å². The van der Waals surface area contributed by atoms with Gasteiger partial charge in [0, 0.05) is 45.7 Å². The molecule has 7 nitrogen and oxygen atoms in total.